The summed E-state index contributed by atoms with van der Waals surface area (Å²) in [6.07, 6.45) is 4.43. The van der Waals surface area contributed by atoms with Gasteiger partial charge in [0, 0.05) is 23.3 Å². The highest BCUT2D eigenvalue weighted by molar-refractivity contribution is 5.86. The summed E-state index contributed by atoms with van der Waals surface area (Å²) in [6, 6.07) is 19.3. The summed E-state index contributed by atoms with van der Waals surface area (Å²) in [7, 11) is 0. The molecule has 0 saturated carbocycles. The molecule has 4 aromatic rings. The molecular formula is C25H25N3O2. The van der Waals surface area contributed by atoms with Gasteiger partial charge >= 0.3 is 0 Å². The zero-order valence-corrected chi connectivity index (χ0v) is 17.2. The van der Waals surface area contributed by atoms with E-state index in [9.17, 15) is 5.11 Å². The van der Waals surface area contributed by atoms with E-state index in [4.69, 9.17) is 4.74 Å². The Bertz CT molecular complexity index is 1140. The van der Waals surface area contributed by atoms with Gasteiger partial charge in [-0.1, -0.05) is 37.3 Å². The highest BCUT2D eigenvalue weighted by atomic mass is 16.5. The summed E-state index contributed by atoms with van der Waals surface area (Å²) in [4.78, 5) is 8.82. The van der Waals surface area contributed by atoms with E-state index in [0.717, 1.165) is 40.1 Å². The van der Waals surface area contributed by atoms with E-state index in [1.54, 1.807) is 12.4 Å². The highest BCUT2D eigenvalue weighted by Crippen LogP contribution is 2.36. The fraction of sp³-hybridized carbons (Fsp3) is 0.200. The van der Waals surface area contributed by atoms with Gasteiger partial charge in [0.1, 0.15) is 22.8 Å². The number of ether oxygens (including phenoxy) is 1. The molecule has 2 N–H and O–H groups in total. The van der Waals surface area contributed by atoms with Gasteiger partial charge in [-0.25, -0.2) is 4.98 Å². The van der Waals surface area contributed by atoms with Crippen molar-refractivity contribution in [2.75, 3.05) is 11.9 Å². The number of phenols is 1. The lowest BCUT2D eigenvalue weighted by molar-refractivity contribution is 0.317. The standard InChI is InChI=1S/C25H25N3O2/c1-3-15-30-20-9-6-19(7-10-20)23(28-22-16-17(2)12-14-26-22)21-11-8-18-5-4-13-27-24(18)25(21)29/h4-14,16,23,29H,3,15H2,1-2H3,(H,26,28)/t23-/m0/s1. The van der Waals surface area contributed by atoms with E-state index in [1.807, 2.05) is 67.6 Å². The molecular weight excluding hydrogens is 374 g/mol. The minimum absolute atomic E-state index is 0.171. The van der Waals surface area contributed by atoms with Crippen molar-refractivity contribution in [2.24, 2.45) is 0 Å². The monoisotopic (exact) mass is 399 g/mol. The molecule has 5 heteroatoms. The first-order chi connectivity index (χ1) is 14.7. The Balaban J connectivity index is 1.76. The third kappa shape index (κ3) is 4.20. The van der Waals surface area contributed by atoms with Crippen molar-refractivity contribution in [3.8, 4) is 11.5 Å². The summed E-state index contributed by atoms with van der Waals surface area (Å²) in [5.74, 6) is 1.74. The lowest BCUT2D eigenvalue weighted by Gasteiger charge is -2.22. The summed E-state index contributed by atoms with van der Waals surface area (Å²) in [5, 5.41) is 15.4. The van der Waals surface area contributed by atoms with Crippen LogP contribution in [0.5, 0.6) is 11.5 Å². The maximum atomic E-state index is 11.0. The highest BCUT2D eigenvalue weighted by Gasteiger charge is 2.20. The van der Waals surface area contributed by atoms with Crippen LogP contribution in [0.1, 0.15) is 36.1 Å². The van der Waals surface area contributed by atoms with Gasteiger partial charge in [0.15, 0.2) is 0 Å². The number of benzene rings is 2. The number of aryl methyl sites for hydroxylation is 1. The summed E-state index contributed by atoms with van der Waals surface area (Å²) in [5.41, 5.74) is 3.43. The number of hydrogen-bond donors (Lipinski definition) is 2. The molecule has 0 amide bonds. The van der Waals surface area contributed by atoms with Crippen molar-refractivity contribution >= 4 is 16.7 Å². The fourth-order valence-corrected chi connectivity index (χ4v) is 3.46. The van der Waals surface area contributed by atoms with E-state index in [0.29, 0.717) is 12.1 Å². The van der Waals surface area contributed by atoms with Crippen LogP contribution < -0.4 is 10.1 Å². The second-order valence-corrected chi connectivity index (χ2v) is 7.29. The van der Waals surface area contributed by atoms with Gasteiger partial charge in [-0.3, -0.25) is 4.98 Å². The summed E-state index contributed by atoms with van der Waals surface area (Å²) in [6.45, 7) is 4.80. The molecule has 2 aromatic heterocycles. The number of fused-ring (bicyclic) bond motifs is 1. The molecule has 5 nitrogen and oxygen atoms in total. The Morgan fingerprint density at radius 1 is 1.00 bits per heavy atom. The van der Waals surface area contributed by atoms with E-state index < -0.39 is 0 Å². The van der Waals surface area contributed by atoms with Crippen molar-refractivity contribution in [3.05, 3.63) is 89.7 Å². The number of rotatable bonds is 7. The number of hydrogen-bond acceptors (Lipinski definition) is 5. The lowest BCUT2D eigenvalue weighted by Crippen LogP contribution is -2.14. The molecule has 2 aromatic carbocycles. The molecule has 152 valence electrons. The van der Waals surface area contributed by atoms with Gasteiger partial charge in [-0.2, -0.15) is 0 Å². The van der Waals surface area contributed by atoms with E-state index in [-0.39, 0.29) is 11.8 Å². The largest absolute Gasteiger partial charge is 0.505 e. The zero-order chi connectivity index (χ0) is 20.9. The molecule has 0 saturated heterocycles. The van der Waals surface area contributed by atoms with E-state index >= 15 is 0 Å². The minimum Gasteiger partial charge on any atom is -0.505 e. The van der Waals surface area contributed by atoms with Crippen molar-refractivity contribution in [3.63, 3.8) is 0 Å². The van der Waals surface area contributed by atoms with Gasteiger partial charge in [0.25, 0.3) is 0 Å². The predicted octanol–water partition coefficient (Wildman–Crippen LogP) is 5.63. The molecule has 30 heavy (non-hydrogen) atoms. The second kappa shape index (κ2) is 8.82. The van der Waals surface area contributed by atoms with Gasteiger partial charge < -0.3 is 15.2 Å². The van der Waals surface area contributed by atoms with Crippen LogP contribution in [0.25, 0.3) is 10.9 Å². The fourth-order valence-electron chi connectivity index (χ4n) is 3.46. The Morgan fingerprint density at radius 3 is 2.60 bits per heavy atom. The summed E-state index contributed by atoms with van der Waals surface area (Å²) >= 11 is 0. The third-order valence-electron chi connectivity index (χ3n) is 4.98. The minimum atomic E-state index is -0.300. The van der Waals surface area contributed by atoms with Crippen LogP contribution in [0.2, 0.25) is 0 Å². The lowest BCUT2D eigenvalue weighted by atomic mass is 9.96. The number of phenolic OH excluding ortho intramolecular Hbond substituents is 1. The molecule has 2 heterocycles. The maximum Gasteiger partial charge on any atom is 0.147 e. The van der Waals surface area contributed by atoms with Crippen LogP contribution in [0.4, 0.5) is 5.82 Å². The Kier molecular flexibility index (Phi) is 5.80. The Morgan fingerprint density at radius 2 is 1.83 bits per heavy atom. The number of aromatic hydroxyl groups is 1. The van der Waals surface area contributed by atoms with Gasteiger partial charge in [0.05, 0.1) is 12.6 Å². The van der Waals surface area contributed by atoms with Crippen LogP contribution in [0.3, 0.4) is 0 Å². The number of anilines is 1. The van der Waals surface area contributed by atoms with E-state index in [1.165, 1.54) is 0 Å². The van der Waals surface area contributed by atoms with Crippen molar-refractivity contribution in [1.82, 2.24) is 9.97 Å². The molecule has 0 bridgehead atoms. The molecule has 4 rings (SSSR count). The van der Waals surface area contributed by atoms with Crippen LogP contribution in [0.15, 0.2) is 73.1 Å². The Hall–Kier alpha value is -3.60. The molecule has 0 spiro atoms. The number of aromatic nitrogens is 2. The quantitative estimate of drug-likeness (QED) is 0.421. The SMILES string of the molecule is CCCOc1ccc([C@H](Nc2cc(C)ccn2)c2ccc3cccnc3c2O)cc1. The van der Waals surface area contributed by atoms with Gasteiger partial charge in [0.2, 0.25) is 0 Å². The average Bonchev–Trinajstić information content (AvgIpc) is 2.77. The third-order valence-corrected chi connectivity index (χ3v) is 4.98. The molecule has 0 radical (unpaired) electrons. The zero-order valence-electron chi connectivity index (χ0n) is 17.2. The van der Waals surface area contributed by atoms with Gasteiger partial charge in [-0.15, -0.1) is 0 Å². The van der Waals surface area contributed by atoms with Gasteiger partial charge in [-0.05, 0) is 54.8 Å². The second-order valence-electron chi connectivity index (χ2n) is 7.29. The van der Waals surface area contributed by atoms with E-state index in [2.05, 4.69) is 22.2 Å². The molecule has 1 atom stereocenters. The topological polar surface area (TPSA) is 67.3 Å². The first-order valence-corrected chi connectivity index (χ1v) is 10.1. The van der Waals surface area contributed by atoms with Crippen molar-refractivity contribution in [1.29, 1.82) is 0 Å². The van der Waals surface area contributed by atoms with Crippen LogP contribution >= 0.6 is 0 Å². The van der Waals surface area contributed by atoms with Crippen molar-refractivity contribution in [2.45, 2.75) is 26.3 Å². The first-order valence-electron chi connectivity index (χ1n) is 10.1. The number of nitrogens with zero attached hydrogens (tertiary/aromatic N) is 2. The number of pyridine rings is 2. The first kappa shape index (κ1) is 19.7. The average molecular weight is 399 g/mol. The molecule has 0 aliphatic heterocycles. The van der Waals surface area contributed by atoms with Crippen LogP contribution in [-0.2, 0) is 0 Å². The number of nitrogens with one attached hydrogen (secondary N) is 1. The van der Waals surface area contributed by atoms with Crippen LogP contribution in [0, 0.1) is 6.92 Å². The molecule has 0 aliphatic carbocycles. The maximum absolute atomic E-state index is 11.0. The van der Waals surface area contributed by atoms with Crippen LogP contribution in [-0.4, -0.2) is 21.7 Å². The Labute approximate surface area is 176 Å². The molecule has 0 unspecified atom stereocenters. The van der Waals surface area contributed by atoms with Crippen molar-refractivity contribution < 1.29 is 9.84 Å². The molecule has 0 aliphatic rings. The normalized spacial score (nSPS) is 11.9. The molecule has 0 fully saturated rings. The predicted molar refractivity (Wildman–Crippen MR) is 120 cm³/mol. The smallest absolute Gasteiger partial charge is 0.147 e. The summed E-state index contributed by atoms with van der Waals surface area (Å²) < 4.78 is 5.72.